The second-order valence-corrected chi connectivity index (χ2v) is 5.87. The monoisotopic (exact) mass is 321 g/mol. The van der Waals surface area contributed by atoms with E-state index in [1.165, 1.54) is 0 Å². The first kappa shape index (κ1) is 16.6. The normalized spacial score (nSPS) is 18.6. The quantitative estimate of drug-likeness (QED) is 0.676. The van der Waals surface area contributed by atoms with E-state index in [-0.39, 0.29) is 17.8 Å². The molecule has 0 fully saturated rings. The highest BCUT2D eigenvalue weighted by Crippen LogP contribution is 2.24. The number of carbonyl (C=O) groups is 2. The Balaban J connectivity index is 1.93. The van der Waals surface area contributed by atoms with Crippen LogP contribution in [0.3, 0.4) is 0 Å². The summed E-state index contributed by atoms with van der Waals surface area (Å²) in [6.45, 7) is 3.40. The summed E-state index contributed by atoms with van der Waals surface area (Å²) >= 11 is 6.02. The lowest BCUT2D eigenvalue weighted by atomic mass is 9.95. The zero-order valence-corrected chi connectivity index (χ0v) is 13.5. The van der Waals surface area contributed by atoms with Gasteiger partial charge in [0.1, 0.15) is 0 Å². The third-order valence-corrected chi connectivity index (χ3v) is 4.20. The highest BCUT2D eigenvalue weighted by molar-refractivity contribution is 6.31. The van der Waals surface area contributed by atoms with Crippen molar-refractivity contribution in [2.75, 3.05) is 5.32 Å². The van der Waals surface area contributed by atoms with E-state index in [1.54, 1.807) is 25.1 Å². The Kier molecular flexibility index (Phi) is 5.61. The number of halogens is 1. The second-order valence-electron chi connectivity index (χ2n) is 5.46. The first-order valence-corrected chi connectivity index (χ1v) is 7.78. The van der Waals surface area contributed by atoms with Gasteiger partial charge < -0.3 is 10.1 Å². The maximum absolute atomic E-state index is 12.1. The molecule has 0 saturated carbocycles. The molecule has 1 amide bonds. The molecule has 0 spiro atoms. The van der Waals surface area contributed by atoms with Gasteiger partial charge in [-0.05, 0) is 50.8 Å². The summed E-state index contributed by atoms with van der Waals surface area (Å²) < 4.78 is 5.28. The highest BCUT2D eigenvalue weighted by atomic mass is 35.5. The molecule has 1 aromatic rings. The molecule has 1 N–H and O–H groups in total. The molecule has 4 nitrogen and oxygen atoms in total. The molecular weight excluding hydrogens is 302 g/mol. The Bertz CT molecular complexity index is 598. The number of ether oxygens (including phenoxy) is 1. The third kappa shape index (κ3) is 4.10. The molecule has 0 aliphatic heterocycles. The van der Waals surface area contributed by atoms with Gasteiger partial charge in [0.15, 0.2) is 6.10 Å². The van der Waals surface area contributed by atoms with Crippen molar-refractivity contribution >= 4 is 29.2 Å². The lowest BCUT2D eigenvalue weighted by Crippen LogP contribution is -2.32. The Morgan fingerprint density at radius 3 is 2.82 bits per heavy atom. The Morgan fingerprint density at radius 1 is 1.36 bits per heavy atom. The molecule has 0 radical (unpaired) electrons. The zero-order valence-electron chi connectivity index (χ0n) is 12.8. The van der Waals surface area contributed by atoms with Gasteiger partial charge >= 0.3 is 5.97 Å². The largest absolute Gasteiger partial charge is 0.452 e. The van der Waals surface area contributed by atoms with Gasteiger partial charge in [0.25, 0.3) is 5.91 Å². The van der Waals surface area contributed by atoms with Crippen LogP contribution in [0.5, 0.6) is 0 Å². The molecular formula is C17H20ClNO3. The van der Waals surface area contributed by atoms with E-state index in [4.69, 9.17) is 16.3 Å². The summed E-state index contributed by atoms with van der Waals surface area (Å²) in [7, 11) is 0. The van der Waals surface area contributed by atoms with Gasteiger partial charge in [0, 0.05) is 10.7 Å². The minimum atomic E-state index is -0.836. The van der Waals surface area contributed by atoms with Crippen LogP contribution in [-0.4, -0.2) is 18.0 Å². The number of allylic oxidation sites excluding steroid dienone is 2. The molecule has 2 rings (SSSR count). The topological polar surface area (TPSA) is 55.4 Å². The molecule has 2 atom stereocenters. The minimum Gasteiger partial charge on any atom is -0.452 e. The first-order valence-electron chi connectivity index (χ1n) is 7.40. The van der Waals surface area contributed by atoms with Crippen LogP contribution >= 0.6 is 11.6 Å². The summed E-state index contributed by atoms with van der Waals surface area (Å²) in [5, 5.41) is 3.32. The van der Waals surface area contributed by atoms with Gasteiger partial charge in [-0.2, -0.15) is 0 Å². The van der Waals surface area contributed by atoms with E-state index in [0.717, 1.165) is 18.4 Å². The van der Waals surface area contributed by atoms with Crippen molar-refractivity contribution in [3.05, 3.63) is 40.9 Å². The van der Waals surface area contributed by atoms with Gasteiger partial charge in [0.05, 0.1) is 5.92 Å². The maximum Gasteiger partial charge on any atom is 0.310 e. The number of hydrogen-bond donors (Lipinski definition) is 1. The number of hydrogen-bond acceptors (Lipinski definition) is 3. The average molecular weight is 322 g/mol. The molecule has 0 aromatic heterocycles. The van der Waals surface area contributed by atoms with Crippen LogP contribution < -0.4 is 5.32 Å². The van der Waals surface area contributed by atoms with Gasteiger partial charge in [-0.15, -0.1) is 0 Å². The lowest BCUT2D eigenvalue weighted by Gasteiger charge is -2.20. The maximum atomic E-state index is 12.1. The summed E-state index contributed by atoms with van der Waals surface area (Å²) in [6.07, 6.45) is 5.54. The van der Waals surface area contributed by atoms with Crippen LogP contribution in [0.25, 0.3) is 0 Å². The van der Waals surface area contributed by atoms with E-state index in [1.807, 2.05) is 13.0 Å². The van der Waals surface area contributed by atoms with E-state index >= 15 is 0 Å². The fourth-order valence-corrected chi connectivity index (χ4v) is 2.48. The van der Waals surface area contributed by atoms with Crippen molar-refractivity contribution < 1.29 is 14.3 Å². The van der Waals surface area contributed by atoms with Crippen molar-refractivity contribution in [1.29, 1.82) is 0 Å². The zero-order chi connectivity index (χ0) is 16.1. The number of nitrogens with one attached hydrogen (secondary N) is 1. The van der Waals surface area contributed by atoms with Crippen molar-refractivity contribution in [1.82, 2.24) is 0 Å². The third-order valence-electron chi connectivity index (χ3n) is 3.79. The van der Waals surface area contributed by atoms with Crippen LogP contribution in [0.2, 0.25) is 5.02 Å². The molecule has 0 bridgehead atoms. The predicted molar refractivity (Wildman–Crippen MR) is 86.9 cm³/mol. The Labute approximate surface area is 135 Å². The number of anilines is 1. The summed E-state index contributed by atoms with van der Waals surface area (Å²) in [4.78, 5) is 24.2. The van der Waals surface area contributed by atoms with Crippen LogP contribution in [0, 0.1) is 12.8 Å². The van der Waals surface area contributed by atoms with Crippen molar-refractivity contribution in [2.45, 2.75) is 39.2 Å². The van der Waals surface area contributed by atoms with Gasteiger partial charge in [-0.1, -0.05) is 29.8 Å². The molecule has 22 heavy (non-hydrogen) atoms. The first-order chi connectivity index (χ1) is 10.5. The molecule has 118 valence electrons. The standard InChI is InChI=1S/C17H20ClNO3/c1-11-14(18)9-6-10-15(11)19-16(20)12(2)22-17(21)13-7-4-3-5-8-13/h3-4,6,9-10,12-13H,5,7-8H2,1-2H3,(H,19,20)/t12-,13-/m1/s1. The molecule has 0 heterocycles. The average Bonchev–Trinajstić information content (AvgIpc) is 2.52. The number of esters is 1. The fraction of sp³-hybridized carbons (Fsp3) is 0.412. The molecule has 1 aliphatic carbocycles. The van der Waals surface area contributed by atoms with E-state index < -0.39 is 6.10 Å². The SMILES string of the molecule is Cc1c(Cl)cccc1NC(=O)[C@@H](C)OC(=O)[C@@H]1CC=CCC1. The summed E-state index contributed by atoms with van der Waals surface area (Å²) in [6, 6.07) is 5.28. The number of benzene rings is 1. The smallest absolute Gasteiger partial charge is 0.310 e. The van der Waals surface area contributed by atoms with Crippen molar-refractivity contribution in [2.24, 2.45) is 5.92 Å². The van der Waals surface area contributed by atoms with Crippen LogP contribution in [0.4, 0.5) is 5.69 Å². The second kappa shape index (κ2) is 7.45. The summed E-state index contributed by atoms with van der Waals surface area (Å²) in [5.41, 5.74) is 1.41. The van der Waals surface area contributed by atoms with Gasteiger partial charge in [-0.25, -0.2) is 0 Å². The lowest BCUT2D eigenvalue weighted by molar-refractivity contribution is -0.157. The Morgan fingerprint density at radius 2 is 2.14 bits per heavy atom. The molecule has 1 aliphatic rings. The molecule has 5 heteroatoms. The van der Waals surface area contributed by atoms with Crippen molar-refractivity contribution in [3.63, 3.8) is 0 Å². The Hall–Kier alpha value is -1.81. The van der Waals surface area contributed by atoms with Gasteiger partial charge in [0.2, 0.25) is 0 Å². The number of amides is 1. The van der Waals surface area contributed by atoms with Crippen LogP contribution in [-0.2, 0) is 14.3 Å². The fourth-order valence-electron chi connectivity index (χ4n) is 2.31. The van der Waals surface area contributed by atoms with Gasteiger partial charge in [-0.3, -0.25) is 9.59 Å². The van der Waals surface area contributed by atoms with E-state index in [0.29, 0.717) is 17.1 Å². The van der Waals surface area contributed by atoms with Crippen LogP contribution in [0.1, 0.15) is 31.7 Å². The van der Waals surface area contributed by atoms with Crippen LogP contribution in [0.15, 0.2) is 30.4 Å². The molecule has 1 aromatic carbocycles. The summed E-state index contributed by atoms with van der Waals surface area (Å²) in [5.74, 6) is -0.812. The molecule has 0 saturated heterocycles. The predicted octanol–water partition coefficient (Wildman–Crippen LogP) is 3.87. The van der Waals surface area contributed by atoms with E-state index in [9.17, 15) is 9.59 Å². The highest BCUT2D eigenvalue weighted by Gasteiger charge is 2.25. The number of carbonyl (C=O) groups excluding carboxylic acids is 2. The van der Waals surface area contributed by atoms with E-state index in [2.05, 4.69) is 11.4 Å². The number of rotatable bonds is 4. The minimum absolute atomic E-state index is 0.145. The van der Waals surface area contributed by atoms with Crippen molar-refractivity contribution in [3.8, 4) is 0 Å². The molecule has 0 unspecified atom stereocenters.